The molecule has 0 radical (unpaired) electrons. The second-order valence-electron chi connectivity index (χ2n) is 3.36. The van der Waals surface area contributed by atoms with E-state index in [1.165, 1.54) is 12.8 Å². The summed E-state index contributed by atoms with van der Waals surface area (Å²) >= 11 is 1.63. The van der Waals surface area contributed by atoms with E-state index in [0.29, 0.717) is 5.56 Å². The van der Waals surface area contributed by atoms with Crippen molar-refractivity contribution in [3.8, 4) is 0 Å². The van der Waals surface area contributed by atoms with E-state index in [2.05, 4.69) is 6.92 Å². The van der Waals surface area contributed by atoms with Crippen molar-refractivity contribution >= 4 is 17.7 Å². The Balaban J connectivity index is 2.56. The fraction of sp³-hybridized carbons (Fsp3) is 0.417. The van der Waals surface area contributed by atoms with Crippen LogP contribution >= 0.6 is 11.8 Å². The molecule has 0 saturated carbocycles. The first-order valence-electron chi connectivity index (χ1n) is 5.20. The Bertz CT molecular complexity index is 323. The predicted octanol–water partition coefficient (Wildman–Crippen LogP) is 3.67. The third-order valence-electron chi connectivity index (χ3n) is 2.12. The zero-order chi connectivity index (χ0) is 11.1. The molecule has 82 valence electrons. The van der Waals surface area contributed by atoms with Crippen molar-refractivity contribution in [2.24, 2.45) is 0 Å². The van der Waals surface area contributed by atoms with Crippen molar-refractivity contribution in [3.63, 3.8) is 0 Å². The maximum absolute atomic E-state index is 10.9. The molecule has 0 atom stereocenters. The summed E-state index contributed by atoms with van der Waals surface area (Å²) < 4.78 is 0. The Labute approximate surface area is 94.7 Å². The Morgan fingerprint density at radius 3 is 2.73 bits per heavy atom. The normalized spacial score (nSPS) is 10.2. The summed E-state index contributed by atoms with van der Waals surface area (Å²) in [6, 6.07) is 7.18. The van der Waals surface area contributed by atoms with Crippen LogP contribution in [-0.2, 0) is 0 Å². The highest BCUT2D eigenvalue weighted by molar-refractivity contribution is 7.99. The number of aromatic carboxylic acids is 1. The van der Waals surface area contributed by atoms with E-state index in [1.807, 2.05) is 12.1 Å². The number of hydrogen-bond acceptors (Lipinski definition) is 2. The lowest BCUT2D eigenvalue weighted by Gasteiger charge is -2.04. The monoisotopic (exact) mass is 224 g/mol. The first kappa shape index (κ1) is 12.1. The first-order valence-corrected chi connectivity index (χ1v) is 6.19. The average Bonchev–Trinajstić information content (AvgIpc) is 2.25. The molecule has 1 aromatic rings. The Kier molecular flexibility index (Phi) is 5.26. The molecule has 0 fully saturated rings. The van der Waals surface area contributed by atoms with E-state index >= 15 is 0 Å². The van der Waals surface area contributed by atoms with Crippen LogP contribution < -0.4 is 0 Å². The number of carboxylic acid groups (broad SMARTS) is 1. The van der Waals surface area contributed by atoms with Gasteiger partial charge in [0.25, 0.3) is 0 Å². The fourth-order valence-electron chi connectivity index (χ4n) is 1.30. The van der Waals surface area contributed by atoms with Crippen molar-refractivity contribution in [1.82, 2.24) is 0 Å². The Hall–Kier alpha value is -0.960. The highest BCUT2D eigenvalue weighted by atomic mass is 32.2. The van der Waals surface area contributed by atoms with Crippen LogP contribution in [-0.4, -0.2) is 16.8 Å². The molecule has 0 bridgehead atoms. The summed E-state index contributed by atoms with van der Waals surface area (Å²) in [6.45, 7) is 2.16. The molecular formula is C12H16O2S. The van der Waals surface area contributed by atoms with Gasteiger partial charge in [0, 0.05) is 4.90 Å². The zero-order valence-corrected chi connectivity index (χ0v) is 9.72. The standard InChI is InChI=1S/C12H16O2S/c1-2-3-6-9-15-11-8-5-4-7-10(11)12(13)14/h4-5,7-8H,2-3,6,9H2,1H3,(H,13,14). The molecule has 0 aliphatic rings. The van der Waals surface area contributed by atoms with Crippen LogP contribution in [0.5, 0.6) is 0 Å². The first-order chi connectivity index (χ1) is 7.25. The highest BCUT2D eigenvalue weighted by Crippen LogP contribution is 2.23. The molecule has 2 nitrogen and oxygen atoms in total. The van der Waals surface area contributed by atoms with Crippen molar-refractivity contribution < 1.29 is 9.90 Å². The minimum absolute atomic E-state index is 0.416. The number of hydrogen-bond donors (Lipinski definition) is 1. The van der Waals surface area contributed by atoms with Gasteiger partial charge in [-0.25, -0.2) is 4.79 Å². The van der Waals surface area contributed by atoms with E-state index in [4.69, 9.17) is 5.11 Å². The fourth-order valence-corrected chi connectivity index (χ4v) is 2.36. The number of unbranched alkanes of at least 4 members (excludes halogenated alkanes) is 2. The molecule has 0 unspecified atom stereocenters. The average molecular weight is 224 g/mol. The van der Waals surface area contributed by atoms with Crippen LogP contribution in [0.15, 0.2) is 29.2 Å². The maximum atomic E-state index is 10.9. The Morgan fingerprint density at radius 1 is 1.33 bits per heavy atom. The SMILES string of the molecule is CCCCCSc1ccccc1C(=O)O. The summed E-state index contributed by atoms with van der Waals surface area (Å²) in [5, 5.41) is 8.96. The van der Waals surface area contributed by atoms with Crippen LogP contribution in [0.4, 0.5) is 0 Å². The smallest absolute Gasteiger partial charge is 0.336 e. The van der Waals surface area contributed by atoms with Gasteiger partial charge < -0.3 is 5.11 Å². The van der Waals surface area contributed by atoms with Crippen LogP contribution in [0.3, 0.4) is 0 Å². The van der Waals surface area contributed by atoms with Gasteiger partial charge in [-0.1, -0.05) is 31.9 Å². The van der Waals surface area contributed by atoms with Gasteiger partial charge in [0.15, 0.2) is 0 Å². The molecular weight excluding hydrogens is 208 g/mol. The number of carboxylic acids is 1. The second kappa shape index (κ2) is 6.51. The quantitative estimate of drug-likeness (QED) is 0.591. The van der Waals surface area contributed by atoms with E-state index in [9.17, 15) is 4.79 Å². The van der Waals surface area contributed by atoms with E-state index in [-0.39, 0.29) is 0 Å². The van der Waals surface area contributed by atoms with E-state index in [0.717, 1.165) is 17.1 Å². The van der Waals surface area contributed by atoms with E-state index < -0.39 is 5.97 Å². The lowest BCUT2D eigenvalue weighted by molar-refractivity contribution is 0.0693. The highest BCUT2D eigenvalue weighted by Gasteiger charge is 2.08. The summed E-state index contributed by atoms with van der Waals surface area (Å²) in [5.74, 6) is 0.159. The molecule has 0 heterocycles. The Morgan fingerprint density at radius 2 is 2.07 bits per heavy atom. The molecule has 0 aliphatic carbocycles. The number of thioether (sulfide) groups is 1. The number of benzene rings is 1. The van der Waals surface area contributed by atoms with Gasteiger partial charge in [-0.2, -0.15) is 0 Å². The van der Waals surface area contributed by atoms with Crippen molar-refractivity contribution in [1.29, 1.82) is 0 Å². The van der Waals surface area contributed by atoms with Gasteiger partial charge in [0.2, 0.25) is 0 Å². The van der Waals surface area contributed by atoms with Gasteiger partial charge in [-0.15, -0.1) is 11.8 Å². The van der Waals surface area contributed by atoms with Crippen LogP contribution in [0.1, 0.15) is 36.5 Å². The number of rotatable bonds is 6. The van der Waals surface area contributed by atoms with Gasteiger partial charge >= 0.3 is 5.97 Å². The third kappa shape index (κ3) is 3.96. The van der Waals surface area contributed by atoms with Gasteiger partial charge in [0.05, 0.1) is 5.56 Å². The van der Waals surface area contributed by atoms with Crippen LogP contribution in [0, 0.1) is 0 Å². The summed E-state index contributed by atoms with van der Waals surface area (Å²) in [6.07, 6.45) is 3.55. The largest absolute Gasteiger partial charge is 0.478 e. The molecule has 1 N–H and O–H groups in total. The molecule has 3 heteroatoms. The lowest BCUT2D eigenvalue weighted by Crippen LogP contribution is -1.98. The van der Waals surface area contributed by atoms with Crippen molar-refractivity contribution in [2.75, 3.05) is 5.75 Å². The topological polar surface area (TPSA) is 37.3 Å². The van der Waals surface area contributed by atoms with E-state index in [1.54, 1.807) is 23.9 Å². The molecule has 0 aliphatic heterocycles. The van der Waals surface area contributed by atoms with Crippen molar-refractivity contribution in [3.05, 3.63) is 29.8 Å². The van der Waals surface area contributed by atoms with Crippen molar-refractivity contribution in [2.45, 2.75) is 31.1 Å². The molecule has 15 heavy (non-hydrogen) atoms. The number of carbonyl (C=O) groups is 1. The van der Waals surface area contributed by atoms with Crippen LogP contribution in [0.2, 0.25) is 0 Å². The minimum Gasteiger partial charge on any atom is -0.478 e. The third-order valence-corrected chi connectivity index (χ3v) is 3.28. The molecule has 0 spiro atoms. The summed E-state index contributed by atoms with van der Waals surface area (Å²) in [5.41, 5.74) is 0.416. The second-order valence-corrected chi connectivity index (χ2v) is 4.49. The molecule has 0 amide bonds. The maximum Gasteiger partial charge on any atom is 0.336 e. The zero-order valence-electron chi connectivity index (χ0n) is 8.90. The molecule has 1 rings (SSSR count). The lowest BCUT2D eigenvalue weighted by atomic mass is 10.2. The molecule has 0 aromatic heterocycles. The van der Waals surface area contributed by atoms with Gasteiger partial charge in [0.1, 0.15) is 0 Å². The van der Waals surface area contributed by atoms with Gasteiger partial charge in [-0.3, -0.25) is 0 Å². The predicted molar refractivity (Wildman–Crippen MR) is 63.7 cm³/mol. The van der Waals surface area contributed by atoms with Crippen LogP contribution in [0.25, 0.3) is 0 Å². The summed E-state index contributed by atoms with van der Waals surface area (Å²) in [7, 11) is 0. The minimum atomic E-state index is -0.839. The van der Waals surface area contributed by atoms with Gasteiger partial charge in [-0.05, 0) is 24.3 Å². The summed E-state index contributed by atoms with van der Waals surface area (Å²) in [4.78, 5) is 11.8. The molecule has 1 aromatic carbocycles. The molecule has 0 saturated heterocycles.